The van der Waals surface area contributed by atoms with Crippen LogP contribution in [0, 0.1) is 0 Å². The summed E-state index contributed by atoms with van der Waals surface area (Å²) in [6.07, 6.45) is 3.25. The number of carbonyl (C=O) groups is 2. The van der Waals surface area contributed by atoms with Crippen molar-refractivity contribution in [3.63, 3.8) is 0 Å². The van der Waals surface area contributed by atoms with Crippen LogP contribution >= 0.6 is 0 Å². The second-order valence-electron chi connectivity index (χ2n) is 4.98. The monoisotopic (exact) mass is 282 g/mol. The number of unbranched alkanes of at least 4 members (excludes halogenated alkanes) is 1. The smallest absolute Gasteiger partial charge is 0.336 e. The maximum atomic E-state index is 12.4. The van der Waals surface area contributed by atoms with E-state index in [1.807, 2.05) is 12.1 Å². The number of carboxylic acid groups (broad SMARTS) is 1. The first-order valence-corrected chi connectivity index (χ1v) is 7.09. The molecule has 108 valence electrons. The molecule has 2 rings (SSSR count). The molecule has 0 atom stereocenters. The van der Waals surface area contributed by atoms with Crippen molar-refractivity contribution in [2.75, 3.05) is 0 Å². The lowest BCUT2D eigenvalue weighted by atomic mass is 9.97. The van der Waals surface area contributed by atoms with Gasteiger partial charge in [0.2, 0.25) is 0 Å². The van der Waals surface area contributed by atoms with E-state index in [2.05, 4.69) is 6.92 Å². The van der Waals surface area contributed by atoms with Crippen LogP contribution in [0.25, 0.3) is 0 Å². The van der Waals surface area contributed by atoms with Crippen LogP contribution in [-0.4, -0.2) is 16.9 Å². The third-order valence-corrected chi connectivity index (χ3v) is 3.44. The number of carbonyl (C=O) groups excluding carboxylic acids is 1. The molecule has 0 fully saturated rings. The van der Waals surface area contributed by atoms with E-state index in [1.54, 1.807) is 30.3 Å². The molecular weight excluding hydrogens is 264 g/mol. The summed E-state index contributed by atoms with van der Waals surface area (Å²) in [5, 5.41) is 9.15. The van der Waals surface area contributed by atoms with E-state index in [0.717, 1.165) is 19.3 Å². The summed E-state index contributed by atoms with van der Waals surface area (Å²) in [7, 11) is 0. The Hall–Kier alpha value is -2.42. The minimum absolute atomic E-state index is 0.0394. The molecule has 0 aliphatic heterocycles. The highest BCUT2D eigenvalue weighted by molar-refractivity contribution is 6.14. The molecule has 0 saturated heterocycles. The molecule has 0 amide bonds. The number of carboxylic acids is 1. The highest BCUT2D eigenvalue weighted by Crippen LogP contribution is 2.16. The molecule has 0 radical (unpaired) electrons. The maximum Gasteiger partial charge on any atom is 0.336 e. The van der Waals surface area contributed by atoms with E-state index in [9.17, 15) is 9.59 Å². The molecule has 0 unspecified atom stereocenters. The SMILES string of the molecule is CCCCc1ccc(C(=O)c2ccccc2C(=O)O)cc1. The Bertz CT molecular complexity index is 642. The normalized spacial score (nSPS) is 10.3. The first-order chi connectivity index (χ1) is 10.1. The molecule has 2 aromatic carbocycles. The molecular formula is C18H18O3. The molecule has 2 aromatic rings. The van der Waals surface area contributed by atoms with Crippen molar-refractivity contribution >= 4 is 11.8 Å². The third-order valence-electron chi connectivity index (χ3n) is 3.44. The third kappa shape index (κ3) is 3.57. The summed E-state index contributed by atoms with van der Waals surface area (Å²) in [5.74, 6) is -1.34. The molecule has 0 heterocycles. The average molecular weight is 282 g/mol. The van der Waals surface area contributed by atoms with Gasteiger partial charge in [-0.1, -0.05) is 55.8 Å². The Labute approximate surface area is 124 Å². The Morgan fingerprint density at radius 2 is 1.57 bits per heavy atom. The first-order valence-electron chi connectivity index (χ1n) is 7.09. The van der Waals surface area contributed by atoms with Crippen molar-refractivity contribution in [3.05, 3.63) is 70.8 Å². The van der Waals surface area contributed by atoms with Gasteiger partial charge in [-0.15, -0.1) is 0 Å². The van der Waals surface area contributed by atoms with Gasteiger partial charge in [-0.05, 0) is 24.5 Å². The lowest BCUT2D eigenvalue weighted by molar-refractivity contribution is 0.0693. The van der Waals surface area contributed by atoms with Gasteiger partial charge in [0.15, 0.2) is 5.78 Å². The van der Waals surface area contributed by atoms with E-state index in [0.29, 0.717) is 5.56 Å². The molecule has 0 bridgehead atoms. The predicted molar refractivity (Wildman–Crippen MR) is 81.9 cm³/mol. The number of aromatic carboxylic acids is 1. The summed E-state index contributed by atoms with van der Waals surface area (Å²) in [6.45, 7) is 2.14. The maximum absolute atomic E-state index is 12.4. The second-order valence-corrected chi connectivity index (χ2v) is 4.98. The van der Waals surface area contributed by atoms with Gasteiger partial charge >= 0.3 is 5.97 Å². The highest BCUT2D eigenvalue weighted by atomic mass is 16.4. The largest absolute Gasteiger partial charge is 0.478 e. The summed E-state index contributed by atoms with van der Waals surface area (Å²) in [4.78, 5) is 23.6. The van der Waals surface area contributed by atoms with E-state index in [-0.39, 0.29) is 16.9 Å². The Morgan fingerprint density at radius 1 is 0.952 bits per heavy atom. The molecule has 3 heteroatoms. The van der Waals surface area contributed by atoms with Crippen LogP contribution in [0.2, 0.25) is 0 Å². The topological polar surface area (TPSA) is 54.4 Å². The first kappa shape index (κ1) is 15.0. The molecule has 1 N–H and O–H groups in total. The van der Waals surface area contributed by atoms with Crippen LogP contribution in [0.4, 0.5) is 0 Å². The average Bonchev–Trinajstić information content (AvgIpc) is 2.52. The number of rotatable bonds is 6. The van der Waals surface area contributed by atoms with E-state index in [4.69, 9.17) is 5.11 Å². The zero-order valence-corrected chi connectivity index (χ0v) is 12.0. The number of hydrogen-bond acceptors (Lipinski definition) is 2. The molecule has 0 aromatic heterocycles. The van der Waals surface area contributed by atoms with Crippen molar-refractivity contribution in [2.24, 2.45) is 0 Å². The minimum Gasteiger partial charge on any atom is -0.478 e. The van der Waals surface area contributed by atoms with Gasteiger partial charge in [-0.2, -0.15) is 0 Å². The van der Waals surface area contributed by atoms with Crippen molar-refractivity contribution in [2.45, 2.75) is 26.2 Å². The van der Waals surface area contributed by atoms with Gasteiger partial charge in [0, 0.05) is 11.1 Å². The quantitative estimate of drug-likeness (QED) is 0.816. The molecule has 0 saturated carbocycles. The second kappa shape index (κ2) is 6.84. The van der Waals surface area contributed by atoms with Gasteiger partial charge in [0.05, 0.1) is 5.56 Å². The summed E-state index contributed by atoms with van der Waals surface area (Å²) in [6, 6.07) is 13.7. The summed E-state index contributed by atoms with van der Waals surface area (Å²) in [5.41, 5.74) is 1.98. The Kier molecular flexibility index (Phi) is 4.88. The van der Waals surface area contributed by atoms with Gasteiger partial charge in [0.25, 0.3) is 0 Å². The van der Waals surface area contributed by atoms with Crippen molar-refractivity contribution in [1.82, 2.24) is 0 Å². The van der Waals surface area contributed by atoms with Crippen molar-refractivity contribution < 1.29 is 14.7 Å². The van der Waals surface area contributed by atoms with Crippen LogP contribution in [0.5, 0.6) is 0 Å². The molecule has 0 spiro atoms. The molecule has 0 aliphatic rings. The zero-order valence-electron chi connectivity index (χ0n) is 12.0. The van der Waals surface area contributed by atoms with E-state index >= 15 is 0 Å². The lowest BCUT2D eigenvalue weighted by Gasteiger charge is -2.06. The van der Waals surface area contributed by atoms with Gasteiger partial charge in [-0.25, -0.2) is 4.79 Å². The fraction of sp³-hybridized carbons (Fsp3) is 0.222. The number of ketones is 1. The van der Waals surface area contributed by atoms with E-state index in [1.165, 1.54) is 11.6 Å². The van der Waals surface area contributed by atoms with Gasteiger partial charge in [-0.3, -0.25) is 4.79 Å². The van der Waals surface area contributed by atoms with Crippen molar-refractivity contribution in [3.8, 4) is 0 Å². The summed E-state index contributed by atoms with van der Waals surface area (Å²) < 4.78 is 0. The molecule has 21 heavy (non-hydrogen) atoms. The number of benzene rings is 2. The lowest BCUT2D eigenvalue weighted by Crippen LogP contribution is -2.09. The molecule has 3 nitrogen and oxygen atoms in total. The van der Waals surface area contributed by atoms with Crippen molar-refractivity contribution in [1.29, 1.82) is 0 Å². The fourth-order valence-electron chi connectivity index (χ4n) is 2.23. The Morgan fingerprint density at radius 3 is 2.14 bits per heavy atom. The van der Waals surface area contributed by atoms with E-state index < -0.39 is 5.97 Å². The number of hydrogen-bond donors (Lipinski definition) is 1. The zero-order chi connectivity index (χ0) is 15.2. The van der Waals surface area contributed by atoms with Crippen LogP contribution in [-0.2, 0) is 6.42 Å². The number of aryl methyl sites for hydroxylation is 1. The predicted octanol–water partition coefficient (Wildman–Crippen LogP) is 3.96. The summed E-state index contributed by atoms with van der Waals surface area (Å²) >= 11 is 0. The van der Waals surface area contributed by atoms with Crippen LogP contribution in [0.3, 0.4) is 0 Å². The minimum atomic E-state index is -1.08. The van der Waals surface area contributed by atoms with Crippen LogP contribution in [0.1, 0.15) is 51.6 Å². The van der Waals surface area contributed by atoms with Gasteiger partial charge < -0.3 is 5.11 Å². The standard InChI is InChI=1S/C18H18O3/c1-2-3-6-13-9-11-14(12-10-13)17(19)15-7-4-5-8-16(15)18(20)21/h4-5,7-12H,2-3,6H2,1H3,(H,20,21). The van der Waals surface area contributed by atoms with Crippen LogP contribution in [0.15, 0.2) is 48.5 Å². The highest BCUT2D eigenvalue weighted by Gasteiger charge is 2.17. The Balaban J connectivity index is 2.26. The van der Waals surface area contributed by atoms with Gasteiger partial charge in [0.1, 0.15) is 0 Å². The fourth-order valence-corrected chi connectivity index (χ4v) is 2.23. The molecule has 0 aliphatic carbocycles. The van der Waals surface area contributed by atoms with Crippen LogP contribution < -0.4 is 0 Å².